The second kappa shape index (κ2) is 10.8. The van der Waals surface area contributed by atoms with E-state index in [-0.39, 0.29) is 9.03 Å². The van der Waals surface area contributed by atoms with Crippen LogP contribution in [0.25, 0.3) is 0 Å². The summed E-state index contributed by atoms with van der Waals surface area (Å²) in [4.78, 5) is 2.45. The van der Waals surface area contributed by atoms with E-state index < -0.39 is 28.3 Å². The van der Waals surface area contributed by atoms with Crippen molar-refractivity contribution in [3.63, 3.8) is 0 Å². The predicted octanol–water partition coefficient (Wildman–Crippen LogP) is 7.27. The fourth-order valence-electron chi connectivity index (χ4n) is 4.21. The Kier molecular flexibility index (Phi) is 10.2. The third-order valence-corrected chi connectivity index (χ3v) is 13.9. The van der Waals surface area contributed by atoms with Gasteiger partial charge < -0.3 is 0 Å². The zero-order valence-corrected chi connectivity index (χ0v) is 21.4. The van der Waals surface area contributed by atoms with Crippen LogP contribution >= 0.6 is 7.14 Å². The first-order chi connectivity index (χ1) is 11.9. The fourth-order valence-corrected chi connectivity index (χ4v) is 10.5. The monoisotopic (exact) mass is 476 g/mol. The van der Waals surface area contributed by atoms with Gasteiger partial charge in [0.2, 0.25) is 0 Å². The first-order valence-electron chi connectivity index (χ1n) is 10.6. The molecule has 0 bridgehead atoms. The molecule has 0 fully saturated rings. The molecule has 25 heavy (non-hydrogen) atoms. The van der Waals surface area contributed by atoms with Crippen molar-refractivity contribution in [3.05, 3.63) is 11.6 Å². The zero-order valence-electron chi connectivity index (χ0n) is 17.6. The topological polar surface area (TPSA) is 26.3 Å². The maximum atomic E-state index is 13.5. The number of rotatable bonds is 13. The van der Waals surface area contributed by atoms with Gasteiger partial charge in [0, 0.05) is 0 Å². The van der Waals surface area contributed by atoms with Gasteiger partial charge in [-0.1, -0.05) is 0 Å². The summed E-state index contributed by atoms with van der Waals surface area (Å²) in [5.41, 5.74) is 1.08. The van der Waals surface area contributed by atoms with Crippen LogP contribution in [0.3, 0.4) is 0 Å². The maximum absolute atomic E-state index is 13.5. The molecule has 4 heteroatoms. The van der Waals surface area contributed by atoms with Crippen LogP contribution in [0.4, 0.5) is 0 Å². The summed E-state index contributed by atoms with van der Waals surface area (Å²) in [6.07, 6.45) is 15.0. The van der Waals surface area contributed by atoms with Crippen LogP contribution in [0.15, 0.2) is 11.6 Å². The molecular weight excluding hydrogens is 434 g/mol. The number of hydrogen-bond acceptors (Lipinski definition) is 2. The summed E-state index contributed by atoms with van der Waals surface area (Å²) in [5, 5.41) is 0. The second-order valence-corrected chi connectivity index (χ2v) is 14.9. The SMILES string of the molecule is CCCCC1(CCCC)C=C(P(=O)(CC)CC)O[C]1(CCCC)[Sn][CH3]. The van der Waals surface area contributed by atoms with E-state index in [9.17, 15) is 4.57 Å². The molecule has 0 N–H and O–H groups in total. The molecule has 1 aliphatic rings. The van der Waals surface area contributed by atoms with Crippen molar-refractivity contribution in [1.82, 2.24) is 0 Å². The van der Waals surface area contributed by atoms with Gasteiger partial charge >= 0.3 is 168 Å². The summed E-state index contributed by atoms with van der Waals surface area (Å²) in [5.74, 6) is 0. The van der Waals surface area contributed by atoms with E-state index in [1.807, 2.05) is 0 Å². The van der Waals surface area contributed by atoms with Crippen molar-refractivity contribution in [1.29, 1.82) is 0 Å². The van der Waals surface area contributed by atoms with E-state index in [0.29, 0.717) is 0 Å². The Morgan fingerprint density at radius 1 is 0.920 bits per heavy atom. The number of unbranched alkanes of at least 4 members (excludes halogenated alkanes) is 3. The third-order valence-electron chi connectivity index (χ3n) is 6.15. The minimum absolute atomic E-state index is 0.0338. The fraction of sp³-hybridized carbons (Fsp3) is 0.905. The Labute approximate surface area is 167 Å². The minimum atomic E-state index is -2.33. The Bertz CT molecular complexity index is 459. The number of ether oxygens (including phenoxy) is 1. The van der Waals surface area contributed by atoms with Crippen molar-refractivity contribution < 1.29 is 9.30 Å². The summed E-state index contributed by atoms with van der Waals surface area (Å²) < 4.78 is 20.4. The molecule has 1 heterocycles. The molecule has 0 aromatic rings. The van der Waals surface area contributed by atoms with E-state index >= 15 is 0 Å². The molecule has 2 nitrogen and oxygen atoms in total. The molecule has 0 saturated heterocycles. The van der Waals surface area contributed by atoms with E-state index in [0.717, 1.165) is 17.8 Å². The zero-order chi connectivity index (χ0) is 19.0. The van der Waals surface area contributed by atoms with Crippen molar-refractivity contribution in [2.45, 2.75) is 101 Å². The molecule has 0 aromatic heterocycles. The van der Waals surface area contributed by atoms with Crippen LogP contribution in [0.2, 0.25) is 4.94 Å². The van der Waals surface area contributed by atoms with Gasteiger partial charge in [-0.25, -0.2) is 0 Å². The average Bonchev–Trinajstić information content (AvgIpc) is 2.97. The van der Waals surface area contributed by atoms with E-state index in [1.165, 1.54) is 57.8 Å². The van der Waals surface area contributed by atoms with Gasteiger partial charge in [-0.3, -0.25) is 0 Å². The van der Waals surface area contributed by atoms with Gasteiger partial charge in [0.25, 0.3) is 0 Å². The molecule has 0 aliphatic carbocycles. The van der Waals surface area contributed by atoms with Crippen LogP contribution in [0.1, 0.15) is 92.4 Å². The number of hydrogen-bond donors (Lipinski definition) is 0. The molecule has 0 saturated carbocycles. The molecule has 1 atom stereocenters. The van der Waals surface area contributed by atoms with Crippen LogP contribution in [0.5, 0.6) is 0 Å². The quantitative estimate of drug-likeness (QED) is 0.207. The van der Waals surface area contributed by atoms with Crippen LogP contribution in [-0.4, -0.2) is 37.1 Å². The van der Waals surface area contributed by atoms with Gasteiger partial charge in [-0.15, -0.1) is 0 Å². The normalized spacial score (nSPS) is 22.7. The Hall–Kier alpha value is 0.569. The van der Waals surface area contributed by atoms with Crippen molar-refractivity contribution >= 4 is 28.3 Å². The van der Waals surface area contributed by atoms with Crippen LogP contribution in [0, 0.1) is 5.41 Å². The summed E-state index contributed by atoms with van der Waals surface area (Å²) >= 11 is -0.715. The molecule has 1 rings (SSSR count). The summed E-state index contributed by atoms with van der Waals surface area (Å²) in [6, 6.07) is 0. The molecular formula is C21H41O2PSn. The van der Waals surface area contributed by atoms with Gasteiger partial charge in [-0.2, -0.15) is 0 Å². The Morgan fingerprint density at radius 3 is 1.80 bits per heavy atom. The van der Waals surface area contributed by atoms with Gasteiger partial charge in [0.1, 0.15) is 0 Å². The standard InChI is InChI=1S/C20H38O2P.CH3.Sn/c1-6-11-14-18-20(15-12-7-2,16-13-8-3)17-19(22-18)23(21,9-4)10-5;;/h17H,6-16H2,1-5H3;1H3;. The Morgan fingerprint density at radius 2 is 1.40 bits per heavy atom. The molecule has 0 amide bonds. The first kappa shape index (κ1) is 23.6. The average molecular weight is 475 g/mol. The van der Waals surface area contributed by atoms with Gasteiger partial charge in [-0.05, 0) is 0 Å². The molecule has 1 unspecified atom stereocenters. The van der Waals surface area contributed by atoms with E-state index in [2.05, 4.69) is 45.6 Å². The molecule has 146 valence electrons. The first-order valence-corrected chi connectivity index (χ1v) is 17.0. The van der Waals surface area contributed by atoms with Crippen molar-refractivity contribution in [2.24, 2.45) is 5.41 Å². The molecule has 1 aliphatic heterocycles. The second-order valence-electron chi connectivity index (χ2n) is 7.65. The van der Waals surface area contributed by atoms with Crippen molar-refractivity contribution in [3.8, 4) is 0 Å². The summed E-state index contributed by atoms with van der Waals surface area (Å²) in [7, 11) is -2.33. The van der Waals surface area contributed by atoms with Crippen molar-refractivity contribution in [2.75, 3.05) is 12.3 Å². The van der Waals surface area contributed by atoms with Crippen LogP contribution in [-0.2, 0) is 9.30 Å². The van der Waals surface area contributed by atoms with Gasteiger partial charge in [0.15, 0.2) is 0 Å². The molecule has 0 aromatic carbocycles. The molecule has 0 spiro atoms. The molecule has 2 radical (unpaired) electrons. The van der Waals surface area contributed by atoms with E-state index in [1.54, 1.807) is 0 Å². The van der Waals surface area contributed by atoms with E-state index in [4.69, 9.17) is 4.74 Å². The van der Waals surface area contributed by atoms with Gasteiger partial charge in [0.05, 0.1) is 0 Å². The Balaban J connectivity index is 3.39. The predicted molar refractivity (Wildman–Crippen MR) is 113 cm³/mol. The van der Waals surface area contributed by atoms with Crippen LogP contribution < -0.4 is 0 Å². The summed E-state index contributed by atoms with van der Waals surface area (Å²) in [6.45, 7) is 11.0. The third kappa shape index (κ3) is 5.09.